The average Bonchev–Trinajstić information content (AvgIpc) is 2.35. The monoisotopic (exact) mass is 367 g/mol. The van der Waals surface area contributed by atoms with Crippen molar-refractivity contribution in [2.75, 3.05) is 23.7 Å². The molecule has 0 saturated carbocycles. The van der Waals surface area contributed by atoms with E-state index in [0.717, 1.165) is 5.75 Å². The summed E-state index contributed by atoms with van der Waals surface area (Å²) in [6, 6.07) is 4.61. The molecule has 6 heteroatoms. The molecule has 20 heavy (non-hydrogen) atoms. The zero-order valence-corrected chi connectivity index (χ0v) is 13.8. The molecule has 0 bridgehead atoms. The van der Waals surface area contributed by atoms with Crippen LogP contribution < -0.4 is 4.90 Å². The van der Waals surface area contributed by atoms with Crippen LogP contribution in [-0.4, -0.2) is 23.6 Å². The third-order valence-electron chi connectivity index (χ3n) is 3.29. The van der Waals surface area contributed by atoms with Crippen LogP contribution in [0.25, 0.3) is 0 Å². The van der Waals surface area contributed by atoms with E-state index in [4.69, 9.17) is 0 Å². The molecule has 0 radical (unpaired) electrons. The van der Waals surface area contributed by atoms with E-state index in [0.29, 0.717) is 29.7 Å². The third-order valence-corrected chi connectivity index (χ3v) is 5.23. The lowest BCUT2D eigenvalue weighted by atomic mass is 10.1. The molecule has 1 fully saturated rings. The zero-order chi connectivity index (χ0) is 15.0. The highest BCUT2D eigenvalue weighted by molar-refractivity contribution is 9.08. The first-order chi connectivity index (χ1) is 9.23. The largest absolute Gasteiger partial charge is 0.418 e. The first-order valence-electron chi connectivity index (χ1n) is 6.38. The minimum atomic E-state index is -4.32. The van der Waals surface area contributed by atoms with Gasteiger partial charge < -0.3 is 4.90 Å². The summed E-state index contributed by atoms with van der Waals surface area (Å²) in [7, 11) is 0. The van der Waals surface area contributed by atoms with Gasteiger partial charge in [0.15, 0.2) is 0 Å². The van der Waals surface area contributed by atoms with Crippen molar-refractivity contribution < 1.29 is 13.2 Å². The summed E-state index contributed by atoms with van der Waals surface area (Å²) in [5, 5.41) is 0.428. The molecule has 1 aliphatic rings. The van der Waals surface area contributed by atoms with Crippen molar-refractivity contribution in [3.05, 3.63) is 29.3 Å². The number of thioether (sulfide) groups is 1. The maximum Gasteiger partial charge on any atom is 0.418 e. The minimum absolute atomic E-state index is 0.0186. The van der Waals surface area contributed by atoms with Crippen molar-refractivity contribution >= 4 is 33.4 Å². The van der Waals surface area contributed by atoms with E-state index < -0.39 is 11.7 Å². The second-order valence-electron chi connectivity index (χ2n) is 5.51. The van der Waals surface area contributed by atoms with Crippen molar-refractivity contribution in [3.63, 3.8) is 0 Å². The van der Waals surface area contributed by atoms with Gasteiger partial charge in [0.25, 0.3) is 0 Å². The van der Waals surface area contributed by atoms with E-state index in [1.165, 1.54) is 6.07 Å². The fourth-order valence-corrected chi connectivity index (χ4v) is 3.85. The average molecular weight is 368 g/mol. The summed E-state index contributed by atoms with van der Waals surface area (Å²) in [5.74, 6) is 0.852. The van der Waals surface area contributed by atoms with Gasteiger partial charge in [-0.15, -0.1) is 0 Å². The number of hydrogen-bond acceptors (Lipinski definition) is 2. The van der Waals surface area contributed by atoms with Gasteiger partial charge in [0.2, 0.25) is 0 Å². The minimum Gasteiger partial charge on any atom is -0.369 e. The van der Waals surface area contributed by atoms with Gasteiger partial charge in [-0.25, -0.2) is 0 Å². The molecule has 0 unspecified atom stereocenters. The first kappa shape index (κ1) is 16.0. The molecule has 0 spiro atoms. The predicted octanol–water partition coefficient (Wildman–Crippen LogP) is 4.93. The van der Waals surface area contributed by atoms with Crippen LogP contribution in [-0.2, 0) is 11.5 Å². The highest BCUT2D eigenvalue weighted by Crippen LogP contribution is 2.40. The lowest BCUT2D eigenvalue weighted by Gasteiger charge is -2.40. The molecule has 1 aliphatic heterocycles. The Labute approximate surface area is 130 Å². The molecule has 1 aromatic carbocycles. The van der Waals surface area contributed by atoms with Gasteiger partial charge in [-0.2, -0.15) is 24.9 Å². The van der Waals surface area contributed by atoms with Crippen LogP contribution in [0, 0.1) is 0 Å². The van der Waals surface area contributed by atoms with E-state index in [1.807, 2.05) is 16.7 Å². The molecule has 1 heterocycles. The van der Waals surface area contributed by atoms with E-state index in [2.05, 4.69) is 29.8 Å². The number of rotatable bonds is 2. The summed E-state index contributed by atoms with van der Waals surface area (Å²) in [6.45, 7) is 5.44. The van der Waals surface area contributed by atoms with E-state index in [9.17, 15) is 13.2 Å². The second-order valence-corrected chi connectivity index (χ2v) is 7.88. The van der Waals surface area contributed by atoms with Crippen LogP contribution >= 0.6 is 27.7 Å². The molecule has 0 N–H and O–H groups in total. The Morgan fingerprint density at radius 3 is 2.60 bits per heavy atom. The van der Waals surface area contributed by atoms with Crippen molar-refractivity contribution in [1.82, 2.24) is 0 Å². The van der Waals surface area contributed by atoms with Crippen LogP contribution in [0.15, 0.2) is 18.2 Å². The summed E-state index contributed by atoms with van der Waals surface area (Å²) in [5.41, 5.74) is 0.416. The van der Waals surface area contributed by atoms with Crippen LogP contribution in [0.2, 0.25) is 0 Å². The Morgan fingerprint density at radius 1 is 1.35 bits per heavy atom. The fourth-order valence-electron chi connectivity index (χ4n) is 2.39. The molecule has 2 rings (SSSR count). The van der Waals surface area contributed by atoms with Crippen molar-refractivity contribution in [2.45, 2.75) is 30.1 Å². The maximum absolute atomic E-state index is 13.3. The third kappa shape index (κ3) is 3.64. The molecular formula is C14H17BrF3NS. The van der Waals surface area contributed by atoms with Gasteiger partial charge in [0, 0.05) is 34.6 Å². The van der Waals surface area contributed by atoms with E-state index in [1.54, 1.807) is 12.1 Å². The number of alkyl halides is 4. The fraction of sp³-hybridized carbons (Fsp3) is 0.571. The Bertz CT molecular complexity index is 488. The Kier molecular flexibility index (Phi) is 4.64. The predicted molar refractivity (Wildman–Crippen MR) is 82.8 cm³/mol. The summed E-state index contributed by atoms with van der Waals surface area (Å²) >= 11 is 5.02. The quantitative estimate of drug-likeness (QED) is 0.681. The first-order valence-corrected chi connectivity index (χ1v) is 8.49. The maximum atomic E-state index is 13.3. The molecule has 0 aliphatic carbocycles. The van der Waals surface area contributed by atoms with Gasteiger partial charge in [-0.1, -0.05) is 22.0 Å². The highest BCUT2D eigenvalue weighted by atomic mass is 79.9. The van der Waals surface area contributed by atoms with Crippen molar-refractivity contribution in [1.29, 1.82) is 0 Å². The molecule has 1 saturated heterocycles. The highest BCUT2D eigenvalue weighted by Gasteiger charge is 2.37. The molecule has 1 nitrogen and oxygen atoms in total. The van der Waals surface area contributed by atoms with Gasteiger partial charge in [0.05, 0.1) is 5.56 Å². The topological polar surface area (TPSA) is 3.24 Å². The molecule has 0 amide bonds. The lowest BCUT2D eigenvalue weighted by molar-refractivity contribution is -0.137. The zero-order valence-electron chi connectivity index (χ0n) is 11.4. The SMILES string of the molecule is CC1(C)CN(c2ccc(CBr)cc2C(F)(F)F)CCS1. The number of benzene rings is 1. The molecular weight excluding hydrogens is 351 g/mol. The van der Waals surface area contributed by atoms with Crippen LogP contribution in [0.4, 0.5) is 18.9 Å². The van der Waals surface area contributed by atoms with E-state index in [-0.39, 0.29) is 4.75 Å². The van der Waals surface area contributed by atoms with Gasteiger partial charge in [0.1, 0.15) is 0 Å². The van der Waals surface area contributed by atoms with E-state index >= 15 is 0 Å². The number of anilines is 1. The Morgan fingerprint density at radius 2 is 2.05 bits per heavy atom. The standard InChI is InChI=1S/C14H17BrF3NS/c1-13(2)9-19(5-6-20-13)12-4-3-10(8-15)7-11(12)14(16,17)18/h3-4,7H,5-6,8-9H2,1-2H3. The lowest BCUT2D eigenvalue weighted by Crippen LogP contribution is -2.43. The Balaban J connectivity index is 2.40. The van der Waals surface area contributed by atoms with Crippen LogP contribution in [0.3, 0.4) is 0 Å². The van der Waals surface area contributed by atoms with Gasteiger partial charge in [-0.3, -0.25) is 0 Å². The number of nitrogens with zero attached hydrogens (tertiary/aromatic N) is 1. The molecule has 0 aromatic heterocycles. The molecule has 0 atom stereocenters. The summed E-state index contributed by atoms with van der Waals surface area (Å²) < 4.78 is 39.8. The van der Waals surface area contributed by atoms with Crippen LogP contribution in [0.5, 0.6) is 0 Å². The summed E-state index contributed by atoms with van der Waals surface area (Å²) in [4.78, 5) is 1.86. The van der Waals surface area contributed by atoms with Crippen molar-refractivity contribution in [2.24, 2.45) is 0 Å². The summed E-state index contributed by atoms with van der Waals surface area (Å²) in [6.07, 6.45) is -4.32. The van der Waals surface area contributed by atoms with Gasteiger partial charge in [-0.05, 0) is 31.5 Å². The number of hydrogen-bond donors (Lipinski definition) is 0. The Hall–Kier alpha value is -0.360. The smallest absolute Gasteiger partial charge is 0.369 e. The van der Waals surface area contributed by atoms with Crippen LogP contribution in [0.1, 0.15) is 25.0 Å². The molecule has 112 valence electrons. The molecule has 1 aromatic rings. The number of halogens is 4. The second kappa shape index (κ2) is 5.79. The van der Waals surface area contributed by atoms with Crippen molar-refractivity contribution in [3.8, 4) is 0 Å². The van der Waals surface area contributed by atoms with Gasteiger partial charge >= 0.3 is 6.18 Å². The normalized spacial score (nSPS) is 19.2.